The zero-order valence-electron chi connectivity index (χ0n) is 23.2. The summed E-state index contributed by atoms with van der Waals surface area (Å²) in [6.45, 7) is 10.5. The number of thioether (sulfide) groups is 1. The van der Waals surface area contributed by atoms with Gasteiger partial charge in [0.05, 0.1) is 23.8 Å². The zero-order chi connectivity index (χ0) is 26.1. The Bertz CT molecular complexity index is 1250. The lowest BCUT2D eigenvalue weighted by Gasteiger charge is -2.32. The van der Waals surface area contributed by atoms with Crippen LogP contribution in [0.3, 0.4) is 0 Å². The maximum absolute atomic E-state index is 6.54. The summed E-state index contributed by atoms with van der Waals surface area (Å²) in [5.41, 5.74) is 8.04. The van der Waals surface area contributed by atoms with Gasteiger partial charge in [0, 0.05) is 12.3 Å². The van der Waals surface area contributed by atoms with Crippen molar-refractivity contribution in [2.75, 3.05) is 18.8 Å². The van der Waals surface area contributed by atoms with Gasteiger partial charge in [-0.2, -0.15) is 0 Å². The van der Waals surface area contributed by atoms with Crippen LogP contribution in [0.25, 0.3) is 11.1 Å². The first-order valence-electron chi connectivity index (χ1n) is 14.5. The second-order valence-corrected chi connectivity index (χ2v) is 14.1. The molecular formula is C31H40BN3O2S. The predicted octanol–water partition coefficient (Wildman–Crippen LogP) is 5.12. The van der Waals surface area contributed by atoms with E-state index in [-0.39, 0.29) is 24.4 Å². The molecule has 2 aliphatic carbocycles. The zero-order valence-corrected chi connectivity index (χ0v) is 24.0. The van der Waals surface area contributed by atoms with E-state index in [9.17, 15) is 0 Å². The fraction of sp³-hybridized carbons (Fsp3) is 0.581. The van der Waals surface area contributed by atoms with Gasteiger partial charge in [0.25, 0.3) is 0 Å². The summed E-state index contributed by atoms with van der Waals surface area (Å²) >= 11 is 1.94. The van der Waals surface area contributed by atoms with E-state index in [4.69, 9.17) is 14.3 Å². The molecule has 2 saturated heterocycles. The Balaban J connectivity index is 1.20. The number of nitrogens with one attached hydrogen (secondary N) is 2. The first-order chi connectivity index (χ1) is 18.3. The highest BCUT2D eigenvalue weighted by Gasteiger charge is 2.53. The molecule has 1 saturated carbocycles. The van der Waals surface area contributed by atoms with Crippen LogP contribution < -0.4 is 16.1 Å². The lowest BCUT2D eigenvalue weighted by molar-refractivity contribution is 0.00578. The van der Waals surface area contributed by atoms with Gasteiger partial charge in [-0.3, -0.25) is 10.3 Å². The highest BCUT2D eigenvalue weighted by atomic mass is 32.2. The smallest absolute Gasteiger partial charge is 0.399 e. The van der Waals surface area contributed by atoms with Crippen molar-refractivity contribution in [3.05, 3.63) is 53.1 Å². The van der Waals surface area contributed by atoms with Crippen molar-refractivity contribution in [1.29, 1.82) is 0 Å². The molecule has 2 unspecified atom stereocenters. The molecule has 2 N–H and O–H groups in total. The molecule has 0 bridgehead atoms. The van der Waals surface area contributed by atoms with Crippen molar-refractivity contribution in [1.82, 2.24) is 10.6 Å². The van der Waals surface area contributed by atoms with Crippen LogP contribution in [0.5, 0.6) is 0 Å². The van der Waals surface area contributed by atoms with Gasteiger partial charge in [0.1, 0.15) is 11.2 Å². The first-order valence-corrected chi connectivity index (χ1v) is 15.6. The summed E-state index contributed by atoms with van der Waals surface area (Å²) < 4.78 is 13.1. The predicted molar refractivity (Wildman–Crippen MR) is 158 cm³/mol. The van der Waals surface area contributed by atoms with Gasteiger partial charge in [-0.25, -0.2) is 0 Å². The van der Waals surface area contributed by atoms with Crippen molar-refractivity contribution in [3.8, 4) is 11.1 Å². The van der Waals surface area contributed by atoms with Crippen molar-refractivity contribution in [2.45, 2.75) is 94.3 Å². The van der Waals surface area contributed by atoms with E-state index in [1.54, 1.807) is 5.56 Å². The molecule has 1 spiro atoms. The van der Waals surface area contributed by atoms with Gasteiger partial charge >= 0.3 is 7.12 Å². The second-order valence-electron chi connectivity index (χ2n) is 12.9. The average molecular weight is 530 g/mol. The van der Waals surface area contributed by atoms with Crippen LogP contribution in [-0.4, -0.2) is 48.4 Å². The summed E-state index contributed by atoms with van der Waals surface area (Å²) in [5.74, 6) is 2.27. The average Bonchev–Trinajstić information content (AvgIpc) is 3.72. The minimum Gasteiger partial charge on any atom is -0.399 e. The summed E-state index contributed by atoms with van der Waals surface area (Å²) in [6.07, 6.45) is 7.66. The summed E-state index contributed by atoms with van der Waals surface area (Å²) in [4.78, 5) is 4.82. The minimum absolute atomic E-state index is 0.264. The van der Waals surface area contributed by atoms with Crippen LogP contribution in [0, 0.1) is 0 Å². The number of nitrogens with zero attached hydrogens (tertiary/aromatic N) is 1. The Morgan fingerprint density at radius 3 is 2.37 bits per heavy atom. The van der Waals surface area contributed by atoms with E-state index in [1.165, 1.54) is 59.8 Å². The molecule has 2 atom stereocenters. The van der Waals surface area contributed by atoms with Gasteiger partial charge in [-0.05, 0) is 92.1 Å². The molecule has 0 amide bonds. The van der Waals surface area contributed by atoms with E-state index in [0.717, 1.165) is 31.1 Å². The van der Waals surface area contributed by atoms with E-state index >= 15 is 0 Å². The van der Waals surface area contributed by atoms with Crippen LogP contribution in [0.15, 0.2) is 41.4 Å². The minimum atomic E-state index is -0.326. The Morgan fingerprint density at radius 1 is 0.947 bits per heavy atom. The van der Waals surface area contributed by atoms with Gasteiger partial charge in [-0.15, -0.1) is 11.8 Å². The fourth-order valence-electron chi connectivity index (χ4n) is 7.31. The molecule has 5 nitrogen and oxygen atoms in total. The standard InChI is InChI=1S/C31H40BN3O2S/c1-29(2)30(3,4)37-32(36-29)24-12-11-22(26-23(24)13-16-31(26)14-5-6-15-31)20-7-9-21(10-8-20)25-19-34-27(35-25)28-33-17-18-38-28/h7-12,25,28,33H,5-6,13-19H2,1-4H3,(H,34,35). The van der Waals surface area contributed by atoms with Crippen molar-refractivity contribution >= 4 is 30.2 Å². The normalized spacial score (nSPS) is 28.6. The quantitative estimate of drug-likeness (QED) is 0.539. The maximum atomic E-state index is 6.54. The highest BCUT2D eigenvalue weighted by Crippen LogP contribution is 2.53. The summed E-state index contributed by atoms with van der Waals surface area (Å²) in [6, 6.07) is 14.2. The number of hydrogen-bond acceptors (Lipinski definition) is 6. The van der Waals surface area contributed by atoms with Crippen LogP contribution in [-0.2, 0) is 21.1 Å². The van der Waals surface area contributed by atoms with Crippen LogP contribution >= 0.6 is 11.8 Å². The maximum Gasteiger partial charge on any atom is 0.495 e. The molecule has 3 fully saturated rings. The number of benzene rings is 2. The molecule has 7 rings (SSSR count). The van der Waals surface area contributed by atoms with E-state index < -0.39 is 0 Å². The van der Waals surface area contributed by atoms with Crippen molar-refractivity contribution in [3.63, 3.8) is 0 Å². The molecule has 0 radical (unpaired) electrons. The molecule has 3 heterocycles. The highest BCUT2D eigenvalue weighted by molar-refractivity contribution is 8.00. The molecule has 2 aromatic carbocycles. The monoisotopic (exact) mass is 529 g/mol. The second kappa shape index (κ2) is 9.12. The molecule has 7 heteroatoms. The van der Waals surface area contributed by atoms with Gasteiger partial charge in [0.15, 0.2) is 0 Å². The molecule has 5 aliphatic rings. The summed E-state index contributed by atoms with van der Waals surface area (Å²) in [5, 5.41) is 7.54. The lowest BCUT2D eigenvalue weighted by Crippen LogP contribution is -2.41. The molecule has 200 valence electrons. The number of fused-ring (bicyclic) bond motifs is 2. The van der Waals surface area contributed by atoms with Crippen LogP contribution in [0.4, 0.5) is 0 Å². The van der Waals surface area contributed by atoms with Crippen molar-refractivity contribution < 1.29 is 9.31 Å². The largest absolute Gasteiger partial charge is 0.495 e. The van der Waals surface area contributed by atoms with Gasteiger partial charge in [-0.1, -0.05) is 49.2 Å². The van der Waals surface area contributed by atoms with Crippen molar-refractivity contribution in [2.24, 2.45) is 4.99 Å². The van der Waals surface area contributed by atoms with Gasteiger partial charge < -0.3 is 14.6 Å². The Kier molecular flexibility index (Phi) is 6.05. The fourth-order valence-corrected chi connectivity index (χ4v) is 8.32. The number of amidine groups is 1. The lowest BCUT2D eigenvalue weighted by atomic mass is 9.70. The first kappa shape index (κ1) is 25.2. The molecular weight excluding hydrogens is 489 g/mol. The SMILES string of the molecule is CC1(C)OB(c2ccc(-c3ccc(C4CN=C(C5NCCS5)N4)cc3)c3c2CCC32CCCC2)OC1(C)C. The van der Waals surface area contributed by atoms with Crippen LogP contribution in [0.1, 0.15) is 82.5 Å². The topological polar surface area (TPSA) is 54.9 Å². The van der Waals surface area contributed by atoms with Gasteiger partial charge in [0.2, 0.25) is 0 Å². The molecule has 38 heavy (non-hydrogen) atoms. The van der Waals surface area contributed by atoms with Crippen LogP contribution in [0.2, 0.25) is 0 Å². The van der Waals surface area contributed by atoms with E-state index in [0.29, 0.717) is 10.8 Å². The third-order valence-electron chi connectivity index (χ3n) is 10.2. The van der Waals surface area contributed by atoms with E-state index in [1.807, 2.05) is 11.8 Å². The van der Waals surface area contributed by atoms with E-state index in [2.05, 4.69) is 74.7 Å². The third kappa shape index (κ3) is 3.99. The Morgan fingerprint density at radius 2 is 1.68 bits per heavy atom. The Hall–Kier alpha value is -1.80. The Labute approximate surface area is 232 Å². The number of rotatable bonds is 4. The molecule has 2 aromatic rings. The third-order valence-corrected chi connectivity index (χ3v) is 11.3. The molecule has 3 aliphatic heterocycles. The number of hydrogen-bond donors (Lipinski definition) is 2. The summed E-state index contributed by atoms with van der Waals surface area (Å²) in [7, 11) is -0.295. The molecule has 0 aromatic heterocycles. The number of aliphatic imine (C=N–C) groups is 1.